The van der Waals surface area contributed by atoms with Crippen molar-refractivity contribution in [2.75, 3.05) is 65.6 Å². The number of pyridine rings is 1. The molecule has 3 aliphatic heterocycles. The molecule has 13 nitrogen and oxygen atoms in total. The van der Waals surface area contributed by atoms with Gasteiger partial charge in [0.1, 0.15) is 17.5 Å². The van der Waals surface area contributed by atoms with Crippen LogP contribution in [-0.4, -0.2) is 126 Å². The lowest BCUT2D eigenvalue weighted by Gasteiger charge is -2.34. The first-order valence-electron chi connectivity index (χ1n) is 16.3. The second-order valence-electron chi connectivity index (χ2n) is 12.1. The van der Waals surface area contributed by atoms with E-state index in [1.165, 1.54) is 6.07 Å². The van der Waals surface area contributed by atoms with E-state index in [0.717, 1.165) is 50.8 Å². The van der Waals surface area contributed by atoms with Crippen LogP contribution < -0.4 is 10.1 Å². The summed E-state index contributed by atoms with van der Waals surface area (Å²) in [5.74, 6) is -0.776. The average Bonchev–Trinajstić information content (AvgIpc) is 3.79. The van der Waals surface area contributed by atoms with Crippen LogP contribution >= 0.6 is 0 Å². The maximum absolute atomic E-state index is 13.3. The van der Waals surface area contributed by atoms with Gasteiger partial charge in [0.05, 0.1) is 18.7 Å². The molecule has 0 bridgehead atoms. The number of ether oxygens (including phenoxy) is 2. The third-order valence-corrected chi connectivity index (χ3v) is 8.80. The van der Waals surface area contributed by atoms with E-state index >= 15 is 0 Å². The number of aromatic nitrogens is 1. The SMILES string of the molecule is CCCCOC(=O)N1CCN(C(=O)CNC(=O)c2cc(OCC(=O)N3CCCC3C(=O)N3CCCC3)c3ccc(C)cc3n2)CC1. The maximum atomic E-state index is 13.3. The molecule has 3 aliphatic rings. The van der Waals surface area contributed by atoms with E-state index in [0.29, 0.717) is 62.4 Å². The highest BCUT2D eigenvalue weighted by Gasteiger charge is 2.37. The molecule has 1 aromatic heterocycles. The van der Waals surface area contributed by atoms with Crippen molar-refractivity contribution in [1.82, 2.24) is 29.9 Å². The molecule has 5 rings (SSSR count). The van der Waals surface area contributed by atoms with E-state index in [1.54, 1.807) is 14.7 Å². The van der Waals surface area contributed by atoms with Crippen molar-refractivity contribution in [3.05, 3.63) is 35.5 Å². The first-order chi connectivity index (χ1) is 22.2. The number of nitrogens with one attached hydrogen (secondary N) is 1. The fourth-order valence-corrected chi connectivity index (χ4v) is 6.13. The molecule has 0 saturated carbocycles. The second kappa shape index (κ2) is 15.2. The van der Waals surface area contributed by atoms with Gasteiger partial charge in [0, 0.05) is 57.3 Å². The van der Waals surface area contributed by atoms with Crippen LogP contribution in [0.3, 0.4) is 0 Å². The normalized spacial score (nSPS) is 18.2. The van der Waals surface area contributed by atoms with Crippen molar-refractivity contribution in [1.29, 1.82) is 0 Å². The van der Waals surface area contributed by atoms with Gasteiger partial charge >= 0.3 is 6.09 Å². The number of aryl methyl sites for hydroxylation is 1. The Kier molecular flexibility index (Phi) is 10.9. The molecule has 4 heterocycles. The van der Waals surface area contributed by atoms with Crippen LogP contribution in [0, 0.1) is 6.92 Å². The summed E-state index contributed by atoms with van der Waals surface area (Å²) in [5.41, 5.74) is 1.51. The number of benzene rings is 1. The van der Waals surface area contributed by atoms with Crippen LogP contribution in [0.2, 0.25) is 0 Å². The molecule has 2 aromatic rings. The predicted molar refractivity (Wildman–Crippen MR) is 169 cm³/mol. The quantitative estimate of drug-likeness (QED) is 0.392. The van der Waals surface area contributed by atoms with Crippen LogP contribution in [-0.2, 0) is 19.1 Å². The summed E-state index contributed by atoms with van der Waals surface area (Å²) in [7, 11) is 0. The summed E-state index contributed by atoms with van der Waals surface area (Å²) in [6, 6.07) is 6.56. The second-order valence-corrected chi connectivity index (χ2v) is 12.1. The molecule has 0 spiro atoms. The monoisotopic (exact) mass is 636 g/mol. The zero-order valence-corrected chi connectivity index (χ0v) is 26.8. The molecular weight excluding hydrogens is 592 g/mol. The number of fused-ring (bicyclic) bond motifs is 1. The standard InChI is InChI=1S/C33H44N6O7/c1-3-4-18-45-33(44)38-16-14-36(15-17-38)29(40)21-34-31(42)26-20-28(24-10-9-23(2)19-25(24)35-26)46-22-30(41)39-13-7-8-27(39)32(43)37-11-5-6-12-37/h9-10,19-20,27H,3-8,11-18,21-22H2,1-2H3,(H,34,42). The fourth-order valence-electron chi connectivity index (χ4n) is 6.13. The van der Waals surface area contributed by atoms with E-state index in [2.05, 4.69) is 10.3 Å². The number of nitrogens with zero attached hydrogens (tertiary/aromatic N) is 5. The molecule has 46 heavy (non-hydrogen) atoms. The Balaban J connectivity index is 1.19. The Bertz CT molecular complexity index is 1450. The lowest BCUT2D eigenvalue weighted by Crippen LogP contribution is -2.52. The van der Waals surface area contributed by atoms with Gasteiger partial charge in [0.15, 0.2) is 6.61 Å². The summed E-state index contributed by atoms with van der Waals surface area (Å²) in [5, 5.41) is 3.30. The number of unbranched alkanes of at least 4 members (excludes halogenated alkanes) is 1. The van der Waals surface area contributed by atoms with Crippen LogP contribution in [0.25, 0.3) is 10.9 Å². The van der Waals surface area contributed by atoms with Gasteiger partial charge in [-0.05, 0) is 56.7 Å². The molecule has 0 aliphatic carbocycles. The molecule has 1 atom stereocenters. The highest BCUT2D eigenvalue weighted by molar-refractivity contribution is 5.99. The lowest BCUT2D eigenvalue weighted by molar-refractivity contribution is -0.144. The highest BCUT2D eigenvalue weighted by atomic mass is 16.6. The van der Waals surface area contributed by atoms with Crippen LogP contribution in [0.1, 0.15) is 61.5 Å². The van der Waals surface area contributed by atoms with Gasteiger partial charge in [0.25, 0.3) is 11.8 Å². The topological polar surface area (TPSA) is 142 Å². The molecule has 1 aromatic carbocycles. The Hall–Kier alpha value is -4.42. The predicted octanol–water partition coefficient (Wildman–Crippen LogP) is 2.35. The Morgan fingerprint density at radius 2 is 1.63 bits per heavy atom. The van der Waals surface area contributed by atoms with Crippen LogP contribution in [0.5, 0.6) is 5.75 Å². The van der Waals surface area contributed by atoms with E-state index in [1.807, 2.05) is 36.9 Å². The van der Waals surface area contributed by atoms with Gasteiger partial charge in [-0.15, -0.1) is 0 Å². The zero-order valence-electron chi connectivity index (χ0n) is 26.8. The minimum absolute atomic E-state index is 0.00786. The summed E-state index contributed by atoms with van der Waals surface area (Å²) in [4.78, 5) is 75.7. The highest BCUT2D eigenvalue weighted by Crippen LogP contribution is 2.28. The smallest absolute Gasteiger partial charge is 0.409 e. The first-order valence-corrected chi connectivity index (χ1v) is 16.3. The number of likely N-dealkylation sites (tertiary alicyclic amines) is 2. The Morgan fingerprint density at radius 3 is 2.37 bits per heavy atom. The van der Waals surface area contributed by atoms with Crippen LogP contribution in [0.15, 0.2) is 24.3 Å². The summed E-state index contributed by atoms with van der Waals surface area (Å²) in [6.07, 6.45) is 4.75. The number of piperazine rings is 1. The number of amides is 5. The van der Waals surface area contributed by atoms with Crippen molar-refractivity contribution < 1.29 is 33.4 Å². The van der Waals surface area contributed by atoms with E-state index in [4.69, 9.17) is 9.47 Å². The average molecular weight is 637 g/mol. The Labute approximate surface area is 269 Å². The number of carbonyl (C=O) groups is 5. The van der Waals surface area contributed by atoms with E-state index in [-0.39, 0.29) is 42.7 Å². The van der Waals surface area contributed by atoms with Gasteiger partial charge < -0.3 is 34.4 Å². The minimum atomic E-state index is -0.554. The minimum Gasteiger partial charge on any atom is -0.483 e. The van der Waals surface area contributed by atoms with Crippen molar-refractivity contribution in [3.63, 3.8) is 0 Å². The van der Waals surface area contributed by atoms with Crippen LogP contribution in [0.4, 0.5) is 4.79 Å². The number of rotatable bonds is 10. The molecule has 0 radical (unpaired) electrons. The van der Waals surface area contributed by atoms with Crippen molar-refractivity contribution in [2.24, 2.45) is 0 Å². The number of hydrogen-bond donors (Lipinski definition) is 1. The zero-order chi connectivity index (χ0) is 32.6. The van der Waals surface area contributed by atoms with Crippen molar-refractivity contribution in [2.45, 2.75) is 58.4 Å². The molecule has 5 amide bonds. The molecular formula is C33H44N6O7. The molecule has 13 heteroatoms. The summed E-state index contributed by atoms with van der Waals surface area (Å²) >= 11 is 0. The van der Waals surface area contributed by atoms with Gasteiger partial charge in [-0.1, -0.05) is 19.4 Å². The molecule has 3 fully saturated rings. The largest absolute Gasteiger partial charge is 0.483 e. The van der Waals surface area contributed by atoms with Gasteiger partial charge in [-0.2, -0.15) is 0 Å². The third-order valence-electron chi connectivity index (χ3n) is 8.80. The van der Waals surface area contributed by atoms with Gasteiger partial charge in [-0.3, -0.25) is 19.2 Å². The van der Waals surface area contributed by atoms with Crippen molar-refractivity contribution >= 4 is 40.6 Å². The van der Waals surface area contributed by atoms with Gasteiger partial charge in [0.2, 0.25) is 11.8 Å². The Morgan fingerprint density at radius 1 is 0.891 bits per heavy atom. The molecule has 1 unspecified atom stereocenters. The third kappa shape index (κ3) is 7.86. The molecule has 1 N–H and O–H groups in total. The maximum Gasteiger partial charge on any atom is 0.409 e. The number of carbonyl (C=O) groups excluding carboxylic acids is 5. The lowest BCUT2D eigenvalue weighted by atomic mass is 10.1. The fraction of sp³-hybridized carbons (Fsp3) is 0.576. The van der Waals surface area contributed by atoms with Gasteiger partial charge in [-0.25, -0.2) is 9.78 Å². The number of hydrogen-bond acceptors (Lipinski definition) is 8. The molecule has 3 saturated heterocycles. The summed E-state index contributed by atoms with van der Waals surface area (Å²) < 4.78 is 11.3. The summed E-state index contributed by atoms with van der Waals surface area (Å²) in [6.45, 7) is 7.18. The van der Waals surface area contributed by atoms with E-state index in [9.17, 15) is 24.0 Å². The van der Waals surface area contributed by atoms with E-state index < -0.39 is 11.9 Å². The first kappa shape index (κ1) is 33.0. The van der Waals surface area contributed by atoms with Crippen molar-refractivity contribution in [3.8, 4) is 5.75 Å². The molecule has 248 valence electrons.